The van der Waals surface area contributed by atoms with Crippen molar-refractivity contribution >= 4 is 29.3 Å². The molecular formula is C14H21O7PS. The van der Waals surface area contributed by atoms with E-state index in [9.17, 15) is 22.6 Å². The lowest BCUT2D eigenvalue weighted by atomic mass is 10.1. The molecule has 0 atom stereocenters. The first-order valence-corrected chi connectivity index (χ1v) is 11.3. The maximum Gasteiger partial charge on any atom is 0.337 e. The molecule has 0 aromatic heterocycles. The van der Waals surface area contributed by atoms with Crippen LogP contribution in [0.2, 0.25) is 0 Å². The summed E-state index contributed by atoms with van der Waals surface area (Å²) >= 11 is 0. The van der Waals surface area contributed by atoms with Gasteiger partial charge in [-0.05, 0) is 18.2 Å². The van der Waals surface area contributed by atoms with E-state index in [4.69, 9.17) is 0 Å². The number of carbonyl (C=O) groups excluding carboxylic acids is 2. The standard InChI is InChI=1S/C10H10O7S.C4H12P/c1-16-9(11)6-3-7(10(12)17-2)5-8(4-6)18(13,14)15;1-5(2,3)4/h3-5H,1-2H3,(H,13,14,15);1-4H3/q;+1/p-1. The average Bonchev–Trinajstić information content (AvgIpc) is 2.42. The fourth-order valence-corrected chi connectivity index (χ4v) is 1.76. The highest BCUT2D eigenvalue weighted by atomic mass is 32.2. The van der Waals surface area contributed by atoms with Gasteiger partial charge in [0, 0.05) is 33.9 Å². The Kier molecular flexibility index (Phi) is 7.83. The SMILES string of the molecule is COC(=O)c1cc(C(=O)OC)cc(S(=O)(=O)[O-])c1.C[P+](C)(C)C. The largest absolute Gasteiger partial charge is 0.744 e. The quantitative estimate of drug-likeness (QED) is 0.456. The zero-order chi connectivity index (χ0) is 18.4. The normalized spacial score (nSPS) is 11.1. The van der Waals surface area contributed by atoms with E-state index in [2.05, 4.69) is 36.1 Å². The highest BCUT2D eigenvalue weighted by Crippen LogP contribution is 2.40. The Morgan fingerprint density at radius 2 is 1.22 bits per heavy atom. The second-order valence-electron chi connectivity index (χ2n) is 5.87. The van der Waals surface area contributed by atoms with Crippen LogP contribution in [0.3, 0.4) is 0 Å². The number of ether oxygens (including phenoxy) is 2. The van der Waals surface area contributed by atoms with Crippen LogP contribution in [0.5, 0.6) is 0 Å². The van der Waals surface area contributed by atoms with Crippen molar-refractivity contribution in [2.24, 2.45) is 0 Å². The number of esters is 2. The summed E-state index contributed by atoms with van der Waals surface area (Å²) in [7, 11) is -3.02. The molecule has 0 bridgehead atoms. The third-order valence-electron chi connectivity index (χ3n) is 2.04. The van der Waals surface area contributed by atoms with Crippen LogP contribution in [0.1, 0.15) is 20.7 Å². The number of carbonyl (C=O) groups is 2. The Morgan fingerprint density at radius 3 is 1.43 bits per heavy atom. The van der Waals surface area contributed by atoms with E-state index in [1.807, 2.05) is 0 Å². The third-order valence-corrected chi connectivity index (χ3v) is 2.85. The van der Waals surface area contributed by atoms with E-state index in [-0.39, 0.29) is 18.4 Å². The van der Waals surface area contributed by atoms with Crippen molar-refractivity contribution < 1.29 is 32.0 Å². The molecule has 0 spiro atoms. The lowest BCUT2D eigenvalue weighted by molar-refractivity contribution is 0.0598. The van der Waals surface area contributed by atoms with Crippen LogP contribution in [0, 0.1) is 0 Å². The molecule has 0 unspecified atom stereocenters. The van der Waals surface area contributed by atoms with Crippen LogP contribution < -0.4 is 0 Å². The summed E-state index contributed by atoms with van der Waals surface area (Å²) in [6.07, 6.45) is 0. The number of rotatable bonds is 3. The molecule has 23 heavy (non-hydrogen) atoms. The van der Waals surface area contributed by atoms with Gasteiger partial charge in [0.1, 0.15) is 10.1 Å². The van der Waals surface area contributed by atoms with Crippen molar-refractivity contribution in [3.05, 3.63) is 29.3 Å². The lowest BCUT2D eigenvalue weighted by Gasteiger charge is -2.10. The summed E-state index contributed by atoms with van der Waals surface area (Å²) in [5.74, 6) is -1.74. The molecule has 9 heteroatoms. The van der Waals surface area contributed by atoms with Gasteiger partial charge in [0.25, 0.3) is 0 Å². The molecule has 1 aromatic carbocycles. The van der Waals surface area contributed by atoms with Gasteiger partial charge in [0.2, 0.25) is 0 Å². The summed E-state index contributed by atoms with van der Waals surface area (Å²) in [5.41, 5.74) is -0.454. The van der Waals surface area contributed by atoms with Crippen molar-refractivity contribution in [1.29, 1.82) is 0 Å². The number of methoxy groups -OCH3 is 2. The molecule has 0 saturated heterocycles. The molecule has 1 aromatic rings. The molecule has 0 fully saturated rings. The fourth-order valence-electron chi connectivity index (χ4n) is 1.21. The van der Waals surface area contributed by atoms with Gasteiger partial charge in [-0.15, -0.1) is 0 Å². The molecular weight excluding hydrogens is 343 g/mol. The minimum atomic E-state index is -4.80. The first-order valence-electron chi connectivity index (χ1n) is 6.36. The molecule has 0 amide bonds. The fraction of sp³-hybridized carbons (Fsp3) is 0.429. The topological polar surface area (TPSA) is 110 Å². The van der Waals surface area contributed by atoms with Gasteiger partial charge in [0.15, 0.2) is 0 Å². The van der Waals surface area contributed by atoms with Crippen LogP contribution >= 0.6 is 7.26 Å². The van der Waals surface area contributed by atoms with E-state index in [1.54, 1.807) is 0 Å². The number of hydrogen-bond acceptors (Lipinski definition) is 7. The first kappa shape index (κ1) is 21.5. The van der Waals surface area contributed by atoms with Crippen LogP contribution in [0.25, 0.3) is 0 Å². The molecule has 1 rings (SSSR count). The Morgan fingerprint density at radius 1 is 0.913 bits per heavy atom. The molecule has 0 heterocycles. The lowest BCUT2D eigenvalue weighted by Crippen LogP contribution is -2.10. The second-order valence-corrected chi connectivity index (χ2v) is 12.6. The van der Waals surface area contributed by atoms with Crippen molar-refractivity contribution in [2.75, 3.05) is 40.9 Å². The van der Waals surface area contributed by atoms with Gasteiger partial charge in [-0.1, -0.05) is 0 Å². The van der Waals surface area contributed by atoms with Crippen molar-refractivity contribution in [3.63, 3.8) is 0 Å². The molecule has 0 aliphatic rings. The predicted octanol–water partition coefficient (Wildman–Crippen LogP) is 1.69. The van der Waals surface area contributed by atoms with E-state index in [0.717, 1.165) is 32.4 Å². The molecule has 0 saturated carbocycles. The molecule has 130 valence electrons. The molecule has 0 N–H and O–H groups in total. The summed E-state index contributed by atoms with van der Waals surface area (Å²) in [6.45, 7) is 9.19. The summed E-state index contributed by atoms with van der Waals surface area (Å²) < 4.78 is 41.5. The third kappa shape index (κ3) is 8.64. The predicted molar refractivity (Wildman–Crippen MR) is 87.7 cm³/mol. The Balaban J connectivity index is 0.000000841. The van der Waals surface area contributed by atoms with Crippen LogP contribution in [-0.2, 0) is 19.6 Å². The highest BCUT2D eigenvalue weighted by Gasteiger charge is 2.16. The summed E-state index contributed by atoms with van der Waals surface area (Å²) in [5, 5.41) is 0. The van der Waals surface area contributed by atoms with Gasteiger partial charge in [-0.25, -0.2) is 18.0 Å². The maximum atomic E-state index is 11.3. The van der Waals surface area contributed by atoms with Crippen LogP contribution in [-0.4, -0.2) is 65.8 Å². The van der Waals surface area contributed by atoms with E-state index < -0.39 is 27.0 Å². The molecule has 0 radical (unpaired) electrons. The summed E-state index contributed by atoms with van der Waals surface area (Å²) in [6, 6.07) is 2.74. The van der Waals surface area contributed by atoms with E-state index in [1.165, 1.54) is 0 Å². The van der Waals surface area contributed by atoms with E-state index >= 15 is 0 Å². The van der Waals surface area contributed by atoms with Gasteiger partial charge in [-0.3, -0.25) is 0 Å². The number of hydrogen-bond donors (Lipinski definition) is 0. The second kappa shape index (κ2) is 8.38. The van der Waals surface area contributed by atoms with Crippen molar-refractivity contribution in [3.8, 4) is 0 Å². The van der Waals surface area contributed by atoms with Crippen molar-refractivity contribution in [2.45, 2.75) is 4.90 Å². The van der Waals surface area contributed by atoms with Crippen molar-refractivity contribution in [1.82, 2.24) is 0 Å². The number of benzene rings is 1. The van der Waals surface area contributed by atoms with Crippen LogP contribution in [0.15, 0.2) is 23.1 Å². The van der Waals surface area contributed by atoms with Gasteiger partial charge in [0.05, 0.1) is 30.2 Å². The van der Waals surface area contributed by atoms with Gasteiger partial charge < -0.3 is 14.0 Å². The molecule has 0 aliphatic carbocycles. The first-order chi connectivity index (χ1) is 10.3. The van der Waals surface area contributed by atoms with Gasteiger partial charge in [-0.2, -0.15) is 0 Å². The smallest absolute Gasteiger partial charge is 0.337 e. The van der Waals surface area contributed by atoms with E-state index in [0.29, 0.717) is 0 Å². The zero-order valence-electron chi connectivity index (χ0n) is 13.9. The minimum absolute atomic E-state index is 0.227. The minimum Gasteiger partial charge on any atom is -0.744 e. The Labute approximate surface area is 137 Å². The highest BCUT2D eigenvalue weighted by molar-refractivity contribution is 7.85. The maximum absolute atomic E-state index is 11.3. The molecule has 0 aliphatic heterocycles. The monoisotopic (exact) mass is 364 g/mol. The Bertz CT molecular complexity index is 635. The Hall–Kier alpha value is -1.50. The summed E-state index contributed by atoms with van der Waals surface area (Å²) in [4.78, 5) is 21.9. The molecule has 7 nitrogen and oxygen atoms in total. The average molecular weight is 364 g/mol. The van der Waals surface area contributed by atoms with Crippen LogP contribution in [0.4, 0.5) is 0 Å². The zero-order valence-corrected chi connectivity index (χ0v) is 15.7. The van der Waals surface area contributed by atoms with Gasteiger partial charge >= 0.3 is 11.9 Å².